The van der Waals surface area contributed by atoms with Crippen LogP contribution >= 0.6 is 11.3 Å². The van der Waals surface area contributed by atoms with Crippen LogP contribution in [0.4, 0.5) is 0 Å². The molecule has 1 fully saturated rings. The summed E-state index contributed by atoms with van der Waals surface area (Å²) in [6.07, 6.45) is 7.33. The van der Waals surface area contributed by atoms with Gasteiger partial charge in [-0.2, -0.15) is 0 Å². The van der Waals surface area contributed by atoms with Crippen LogP contribution in [0.5, 0.6) is 0 Å². The number of fused-ring (bicyclic) bond motifs is 1. The molecule has 1 heterocycles. The van der Waals surface area contributed by atoms with Crippen molar-refractivity contribution < 1.29 is 4.79 Å². The van der Waals surface area contributed by atoms with Crippen molar-refractivity contribution in [1.82, 2.24) is 15.2 Å². The summed E-state index contributed by atoms with van der Waals surface area (Å²) in [5, 5.41) is 4.32. The number of nitrogens with one attached hydrogen (secondary N) is 1. The summed E-state index contributed by atoms with van der Waals surface area (Å²) < 4.78 is 1.21. The Balaban J connectivity index is 1.56. The van der Waals surface area contributed by atoms with Gasteiger partial charge in [0.1, 0.15) is 5.01 Å². The third-order valence-electron chi connectivity index (χ3n) is 4.96. The number of carbonyl (C=O) groups is 1. The monoisotopic (exact) mass is 345 g/mol. The van der Waals surface area contributed by atoms with Gasteiger partial charge in [0.05, 0.1) is 22.8 Å². The number of benzene rings is 1. The predicted octanol–water partition coefficient (Wildman–Crippen LogP) is 3.96. The zero-order valence-electron chi connectivity index (χ0n) is 14.6. The second kappa shape index (κ2) is 8.08. The van der Waals surface area contributed by atoms with Crippen molar-refractivity contribution in [2.75, 3.05) is 7.05 Å². The zero-order chi connectivity index (χ0) is 16.9. The lowest BCUT2D eigenvalue weighted by atomic mass is 10.1. The van der Waals surface area contributed by atoms with Crippen molar-refractivity contribution in [3.63, 3.8) is 0 Å². The smallest absolute Gasteiger partial charge is 0.237 e. The number of thiazole rings is 1. The predicted molar refractivity (Wildman–Crippen MR) is 100 cm³/mol. The Hall–Kier alpha value is -1.46. The maximum atomic E-state index is 12.6. The first-order valence-corrected chi connectivity index (χ1v) is 9.80. The van der Waals surface area contributed by atoms with Crippen molar-refractivity contribution in [3.05, 3.63) is 29.3 Å². The van der Waals surface area contributed by atoms with Gasteiger partial charge >= 0.3 is 0 Å². The van der Waals surface area contributed by atoms with E-state index in [-0.39, 0.29) is 11.9 Å². The topological polar surface area (TPSA) is 45.2 Å². The fourth-order valence-corrected chi connectivity index (χ4v) is 4.31. The molecule has 0 spiro atoms. The number of nitrogens with zero attached hydrogens (tertiary/aromatic N) is 2. The fourth-order valence-electron chi connectivity index (χ4n) is 3.28. The van der Waals surface area contributed by atoms with Crippen LogP contribution in [0.1, 0.15) is 50.5 Å². The molecule has 1 amide bonds. The second-order valence-electron chi connectivity index (χ2n) is 6.86. The second-order valence-corrected chi connectivity index (χ2v) is 7.98. The molecule has 1 aromatic heterocycles. The molecule has 1 aromatic carbocycles. The number of carbonyl (C=O) groups excluding carboxylic acids is 1. The van der Waals surface area contributed by atoms with Crippen molar-refractivity contribution in [2.45, 2.75) is 64.1 Å². The molecule has 1 aliphatic rings. The SMILES string of the molecule is C[C@@H](C(=O)NC1CCCCCC1)N(C)Cc1nc2ccccc2s1. The number of aromatic nitrogens is 1. The molecule has 0 radical (unpaired) electrons. The van der Waals surface area contributed by atoms with Gasteiger partial charge in [0.25, 0.3) is 0 Å². The van der Waals surface area contributed by atoms with Gasteiger partial charge < -0.3 is 5.32 Å². The molecule has 24 heavy (non-hydrogen) atoms. The average molecular weight is 346 g/mol. The first-order valence-electron chi connectivity index (χ1n) is 8.98. The van der Waals surface area contributed by atoms with E-state index in [0.29, 0.717) is 12.6 Å². The minimum absolute atomic E-state index is 0.139. The molecule has 3 rings (SSSR count). The van der Waals surface area contributed by atoms with Crippen LogP contribution in [0.15, 0.2) is 24.3 Å². The number of para-hydroxylation sites is 1. The van der Waals surface area contributed by atoms with E-state index in [1.54, 1.807) is 11.3 Å². The van der Waals surface area contributed by atoms with Gasteiger partial charge in [0, 0.05) is 6.04 Å². The Labute approximate surface area is 148 Å². The molecule has 1 N–H and O–H groups in total. The van der Waals surface area contributed by atoms with Crippen LogP contribution in [0.25, 0.3) is 10.2 Å². The third kappa shape index (κ3) is 4.33. The van der Waals surface area contributed by atoms with E-state index >= 15 is 0 Å². The van der Waals surface area contributed by atoms with Crippen LogP contribution in [-0.4, -0.2) is 34.9 Å². The van der Waals surface area contributed by atoms with Gasteiger partial charge in [-0.25, -0.2) is 4.98 Å². The van der Waals surface area contributed by atoms with E-state index in [0.717, 1.165) is 23.4 Å². The first kappa shape index (κ1) is 17.4. The molecule has 5 heteroatoms. The van der Waals surface area contributed by atoms with Gasteiger partial charge in [0.15, 0.2) is 0 Å². The molecular formula is C19H27N3OS. The first-order chi connectivity index (χ1) is 11.6. The number of hydrogen-bond acceptors (Lipinski definition) is 4. The normalized spacial score (nSPS) is 17.8. The molecule has 130 valence electrons. The minimum atomic E-state index is -0.139. The van der Waals surface area contributed by atoms with E-state index in [9.17, 15) is 4.79 Å². The van der Waals surface area contributed by atoms with Gasteiger partial charge in [-0.1, -0.05) is 37.8 Å². The van der Waals surface area contributed by atoms with Gasteiger partial charge in [-0.3, -0.25) is 9.69 Å². The largest absolute Gasteiger partial charge is 0.352 e. The molecule has 1 aliphatic carbocycles. The number of amides is 1. The van der Waals surface area contributed by atoms with Gasteiger partial charge in [-0.05, 0) is 38.9 Å². The van der Waals surface area contributed by atoms with Crippen molar-refractivity contribution in [2.24, 2.45) is 0 Å². The molecule has 2 aromatic rings. The molecule has 1 atom stereocenters. The zero-order valence-corrected chi connectivity index (χ0v) is 15.4. The summed E-state index contributed by atoms with van der Waals surface area (Å²) >= 11 is 1.71. The van der Waals surface area contributed by atoms with E-state index in [4.69, 9.17) is 0 Å². The van der Waals surface area contributed by atoms with E-state index in [1.807, 2.05) is 32.2 Å². The molecule has 0 aliphatic heterocycles. The van der Waals surface area contributed by atoms with Crippen LogP contribution in [0.2, 0.25) is 0 Å². The number of likely N-dealkylation sites (N-methyl/N-ethyl adjacent to an activating group) is 1. The standard InChI is InChI=1S/C19H27N3OS/c1-14(19(23)20-15-9-5-3-4-6-10-15)22(2)13-18-21-16-11-7-8-12-17(16)24-18/h7-8,11-12,14-15H,3-6,9-10,13H2,1-2H3,(H,20,23)/t14-/m0/s1. The Morgan fingerprint density at radius 3 is 2.71 bits per heavy atom. The van der Waals surface area contributed by atoms with Crippen LogP contribution in [0, 0.1) is 0 Å². The highest BCUT2D eigenvalue weighted by Crippen LogP contribution is 2.23. The summed E-state index contributed by atoms with van der Waals surface area (Å²) in [7, 11) is 2.00. The molecule has 4 nitrogen and oxygen atoms in total. The Morgan fingerprint density at radius 1 is 1.29 bits per heavy atom. The van der Waals surface area contributed by atoms with Crippen LogP contribution < -0.4 is 5.32 Å². The Morgan fingerprint density at radius 2 is 2.00 bits per heavy atom. The maximum Gasteiger partial charge on any atom is 0.237 e. The number of rotatable bonds is 5. The summed E-state index contributed by atoms with van der Waals surface area (Å²) in [4.78, 5) is 19.3. The van der Waals surface area contributed by atoms with E-state index in [2.05, 4.69) is 21.3 Å². The van der Waals surface area contributed by atoms with Crippen molar-refractivity contribution >= 4 is 27.5 Å². The highest BCUT2D eigenvalue weighted by Gasteiger charge is 2.22. The van der Waals surface area contributed by atoms with Gasteiger partial charge in [-0.15, -0.1) is 11.3 Å². The van der Waals surface area contributed by atoms with Crippen LogP contribution in [0.3, 0.4) is 0 Å². The fraction of sp³-hybridized carbons (Fsp3) is 0.579. The summed E-state index contributed by atoms with van der Waals surface area (Å²) in [5.41, 5.74) is 1.04. The highest BCUT2D eigenvalue weighted by atomic mass is 32.1. The Kier molecular flexibility index (Phi) is 5.85. The third-order valence-corrected chi connectivity index (χ3v) is 5.99. The van der Waals surface area contributed by atoms with Gasteiger partial charge in [0.2, 0.25) is 5.91 Å². The average Bonchev–Trinajstić information content (AvgIpc) is 2.80. The highest BCUT2D eigenvalue weighted by molar-refractivity contribution is 7.18. The van der Waals surface area contributed by atoms with Crippen LogP contribution in [-0.2, 0) is 11.3 Å². The van der Waals surface area contributed by atoms with Crippen molar-refractivity contribution in [1.29, 1.82) is 0 Å². The van der Waals surface area contributed by atoms with Crippen molar-refractivity contribution in [3.8, 4) is 0 Å². The van der Waals surface area contributed by atoms with E-state index < -0.39 is 0 Å². The quantitative estimate of drug-likeness (QED) is 0.835. The molecule has 0 saturated heterocycles. The number of hydrogen-bond donors (Lipinski definition) is 1. The van der Waals surface area contributed by atoms with E-state index in [1.165, 1.54) is 30.4 Å². The lowest BCUT2D eigenvalue weighted by Crippen LogP contribution is -2.46. The minimum Gasteiger partial charge on any atom is -0.352 e. The summed E-state index contributed by atoms with van der Waals surface area (Å²) in [6.45, 7) is 2.69. The summed E-state index contributed by atoms with van der Waals surface area (Å²) in [5.74, 6) is 0.144. The Bertz CT molecular complexity index is 643. The molecule has 0 unspecified atom stereocenters. The lowest BCUT2D eigenvalue weighted by Gasteiger charge is -2.25. The molecule has 1 saturated carbocycles. The molecular weight excluding hydrogens is 318 g/mol. The maximum absolute atomic E-state index is 12.6. The molecule has 0 bridgehead atoms. The lowest BCUT2D eigenvalue weighted by molar-refractivity contribution is -0.126. The summed E-state index contributed by atoms with van der Waals surface area (Å²) in [6, 6.07) is 8.41.